The number of aromatic nitrogens is 1. The van der Waals surface area contributed by atoms with Crippen molar-refractivity contribution in [2.24, 2.45) is 0 Å². The van der Waals surface area contributed by atoms with E-state index < -0.39 is 0 Å². The third-order valence-corrected chi connectivity index (χ3v) is 2.46. The first-order valence-corrected chi connectivity index (χ1v) is 5.66. The summed E-state index contributed by atoms with van der Waals surface area (Å²) < 4.78 is 0. The molecule has 0 spiro atoms. The van der Waals surface area contributed by atoms with Crippen molar-refractivity contribution in [1.82, 2.24) is 4.98 Å². The summed E-state index contributed by atoms with van der Waals surface area (Å²) in [6.45, 7) is 6.39. The molecule has 0 aliphatic heterocycles. The summed E-state index contributed by atoms with van der Waals surface area (Å²) in [5, 5.41) is 0. The zero-order valence-corrected chi connectivity index (χ0v) is 9.64. The lowest BCUT2D eigenvalue weighted by Crippen LogP contribution is -1.92. The topological polar surface area (TPSA) is 12.9 Å². The van der Waals surface area contributed by atoms with Gasteiger partial charge in [-0.25, -0.2) is 0 Å². The average molecular weight is 191 g/mol. The highest BCUT2D eigenvalue weighted by Crippen LogP contribution is 2.10. The van der Waals surface area contributed by atoms with Gasteiger partial charge in [-0.3, -0.25) is 4.98 Å². The maximum Gasteiger partial charge on any atom is 0.0378 e. The van der Waals surface area contributed by atoms with Gasteiger partial charge in [-0.1, -0.05) is 26.2 Å². The highest BCUT2D eigenvalue weighted by molar-refractivity contribution is 5.20. The summed E-state index contributed by atoms with van der Waals surface area (Å²) >= 11 is 0. The number of nitrogens with zero attached hydrogens (tertiary/aromatic N) is 1. The first-order valence-electron chi connectivity index (χ1n) is 5.66. The highest BCUT2D eigenvalue weighted by atomic mass is 14.7. The normalized spacial score (nSPS) is 10.5. The van der Waals surface area contributed by atoms with E-state index in [2.05, 4.69) is 37.9 Å². The minimum Gasteiger partial charge on any atom is -0.258 e. The Balaban J connectivity index is 2.42. The molecule has 0 amide bonds. The van der Waals surface area contributed by atoms with Gasteiger partial charge in [0.1, 0.15) is 0 Å². The van der Waals surface area contributed by atoms with Crippen LogP contribution in [0.4, 0.5) is 0 Å². The van der Waals surface area contributed by atoms with Crippen molar-refractivity contribution < 1.29 is 0 Å². The van der Waals surface area contributed by atoms with Crippen LogP contribution in [0.15, 0.2) is 12.1 Å². The number of hydrogen-bond donors (Lipinski definition) is 0. The standard InChI is InChI=1S/C13H21N/c1-4-5-6-7-8-13-9-11(2)14-12(3)10-13/h9-10H,4-8H2,1-3H3. The van der Waals surface area contributed by atoms with Gasteiger partial charge in [-0.2, -0.15) is 0 Å². The van der Waals surface area contributed by atoms with Crippen molar-refractivity contribution in [1.29, 1.82) is 0 Å². The fourth-order valence-electron chi connectivity index (χ4n) is 1.82. The lowest BCUT2D eigenvalue weighted by molar-refractivity contribution is 0.666. The second-order valence-corrected chi connectivity index (χ2v) is 4.07. The number of unbranched alkanes of at least 4 members (excludes halogenated alkanes) is 3. The molecule has 0 atom stereocenters. The molecular weight excluding hydrogens is 170 g/mol. The molecule has 0 unspecified atom stereocenters. The van der Waals surface area contributed by atoms with E-state index >= 15 is 0 Å². The van der Waals surface area contributed by atoms with Crippen LogP contribution < -0.4 is 0 Å². The molecule has 14 heavy (non-hydrogen) atoms. The molecule has 0 radical (unpaired) electrons. The van der Waals surface area contributed by atoms with Crippen LogP contribution in [-0.4, -0.2) is 4.98 Å². The summed E-state index contributed by atoms with van der Waals surface area (Å²) in [4.78, 5) is 4.38. The predicted octanol–water partition coefficient (Wildman–Crippen LogP) is 3.82. The van der Waals surface area contributed by atoms with Crippen LogP contribution in [-0.2, 0) is 6.42 Å². The molecule has 0 saturated carbocycles. The zero-order valence-electron chi connectivity index (χ0n) is 9.64. The molecule has 0 bridgehead atoms. The molecule has 1 heterocycles. The molecule has 0 aliphatic carbocycles. The third-order valence-electron chi connectivity index (χ3n) is 2.46. The monoisotopic (exact) mass is 191 g/mol. The number of rotatable bonds is 5. The summed E-state index contributed by atoms with van der Waals surface area (Å²) in [5.74, 6) is 0. The molecular formula is C13H21N. The Hall–Kier alpha value is -0.850. The fourth-order valence-corrected chi connectivity index (χ4v) is 1.82. The molecule has 0 N–H and O–H groups in total. The minimum absolute atomic E-state index is 1.15. The van der Waals surface area contributed by atoms with Crippen molar-refractivity contribution in [3.63, 3.8) is 0 Å². The molecule has 78 valence electrons. The Morgan fingerprint density at radius 2 is 1.64 bits per heavy atom. The highest BCUT2D eigenvalue weighted by Gasteiger charge is 1.96. The summed E-state index contributed by atoms with van der Waals surface area (Å²) in [5.41, 5.74) is 3.75. The average Bonchev–Trinajstić information content (AvgIpc) is 2.11. The lowest BCUT2D eigenvalue weighted by Gasteiger charge is -2.03. The van der Waals surface area contributed by atoms with Gasteiger partial charge in [0.25, 0.3) is 0 Å². The van der Waals surface area contributed by atoms with E-state index in [1.807, 2.05) is 0 Å². The molecule has 0 fully saturated rings. The van der Waals surface area contributed by atoms with Gasteiger partial charge >= 0.3 is 0 Å². The number of aryl methyl sites for hydroxylation is 3. The minimum atomic E-state index is 1.15. The van der Waals surface area contributed by atoms with Crippen LogP contribution in [0, 0.1) is 13.8 Å². The fraction of sp³-hybridized carbons (Fsp3) is 0.615. The van der Waals surface area contributed by atoms with Crippen molar-refractivity contribution in [2.75, 3.05) is 0 Å². The SMILES string of the molecule is CCCCCCc1cc(C)nc(C)c1. The zero-order chi connectivity index (χ0) is 10.4. The van der Waals surface area contributed by atoms with Crippen LogP contribution in [0.2, 0.25) is 0 Å². The molecule has 0 aliphatic rings. The predicted molar refractivity (Wildman–Crippen MR) is 61.6 cm³/mol. The second-order valence-electron chi connectivity index (χ2n) is 4.07. The van der Waals surface area contributed by atoms with Crippen LogP contribution in [0.25, 0.3) is 0 Å². The third kappa shape index (κ3) is 3.91. The molecule has 1 aromatic heterocycles. The van der Waals surface area contributed by atoms with E-state index in [0.29, 0.717) is 0 Å². The first kappa shape index (κ1) is 11.2. The first-order chi connectivity index (χ1) is 6.72. The lowest BCUT2D eigenvalue weighted by atomic mass is 10.1. The Labute approximate surface area is 87.6 Å². The van der Waals surface area contributed by atoms with Crippen LogP contribution in [0.3, 0.4) is 0 Å². The van der Waals surface area contributed by atoms with Gasteiger partial charge < -0.3 is 0 Å². The Bertz CT molecular complexity index is 258. The van der Waals surface area contributed by atoms with Crippen molar-refractivity contribution in [3.05, 3.63) is 29.1 Å². The Kier molecular flexibility index (Phi) is 4.64. The van der Waals surface area contributed by atoms with E-state index in [9.17, 15) is 0 Å². The maximum atomic E-state index is 4.38. The molecule has 1 heteroatoms. The largest absolute Gasteiger partial charge is 0.258 e. The van der Waals surface area contributed by atoms with E-state index in [0.717, 1.165) is 11.4 Å². The van der Waals surface area contributed by atoms with Gasteiger partial charge in [0.2, 0.25) is 0 Å². The number of hydrogen-bond acceptors (Lipinski definition) is 1. The summed E-state index contributed by atoms with van der Waals surface area (Å²) in [7, 11) is 0. The van der Waals surface area contributed by atoms with E-state index in [-0.39, 0.29) is 0 Å². The number of pyridine rings is 1. The van der Waals surface area contributed by atoms with Crippen LogP contribution in [0.1, 0.15) is 49.6 Å². The smallest absolute Gasteiger partial charge is 0.0378 e. The van der Waals surface area contributed by atoms with Crippen LogP contribution >= 0.6 is 0 Å². The van der Waals surface area contributed by atoms with Gasteiger partial charge in [-0.15, -0.1) is 0 Å². The van der Waals surface area contributed by atoms with Gasteiger partial charge in [0.15, 0.2) is 0 Å². The maximum absolute atomic E-state index is 4.38. The van der Waals surface area contributed by atoms with E-state index in [1.165, 1.54) is 37.7 Å². The van der Waals surface area contributed by atoms with Crippen LogP contribution in [0.5, 0.6) is 0 Å². The van der Waals surface area contributed by atoms with Gasteiger partial charge in [-0.05, 0) is 44.4 Å². The van der Waals surface area contributed by atoms with Crippen molar-refractivity contribution in [2.45, 2.75) is 52.9 Å². The van der Waals surface area contributed by atoms with Crippen molar-refractivity contribution >= 4 is 0 Å². The quantitative estimate of drug-likeness (QED) is 0.645. The van der Waals surface area contributed by atoms with Gasteiger partial charge in [0.05, 0.1) is 0 Å². The molecule has 0 aromatic carbocycles. The van der Waals surface area contributed by atoms with Crippen molar-refractivity contribution in [3.8, 4) is 0 Å². The second kappa shape index (κ2) is 5.79. The summed E-state index contributed by atoms with van der Waals surface area (Å²) in [6, 6.07) is 4.41. The van der Waals surface area contributed by atoms with E-state index in [1.54, 1.807) is 0 Å². The molecule has 1 aromatic rings. The van der Waals surface area contributed by atoms with E-state index in [4.69, 9.17) is 0 Å². The molecule has 1 nitrogen and oxygen atoms in total. The van der Waals surface area contributed by atoms with Gasteiger partial charge in [0, 0.05) is 11.4 Å². The molecule has 0 saturated heterocycles. The summed E-state index contributed by atoms with van der Waals surface area (Å²) in [6.07, 6.45) is 6.56. The Morgan fingerprint density at radius 1 is 1.00 bits per heavy atom. The Morgan fingerprint density at radius 3 is 2.21 bits per heavy atom. The molecule has 1 rings (SSSR count).